The van der Waals surface area contributed by atoms with Gasteiger partial charge in [0.05, 0.1) is 0 Å². The van der Waals surface area contributed by atoms with Crippen LogP contribution in [-0.2, 0) is 0 Å². The molecule has 1 aromatic heterocycles. The molecule has 0 aliphatic carbocycles. The van der Waals surface area contributed by atoms with E-state index in [2.05, 4.69) is 21.4 Å². The van der Waals surface area contributed by atoms with Crippen LogP contribution in [0, 0.1) is 0 Å². The van der Waals surface area contributed by atoms with Crippen LogP contribution in [0.25, 0.3) is 10.8 Å². The fourth-order valence-corrected chi connectivity index (χ4v) is 2.56. The van der Waals surface area contributed by atoms with Gasteiger partial charge in [0.15, 0.2) is 0 Å². The topological polar surface area (TPSA) is 77.1 Å². The molecule has 110 valence electrons. The average molecular weight is 358 g/mol. The molecule has 0 atom stereocenters. The number of benzene rings is 2. The molecule has 5 nitrogen and oxygen atoms in total. The standard InChI is InChI=1S/C16H12BrN3O2/c17-12-6-7-13-11(8-12)9-14(18)20(16(13)22)19-15(21)10-4-2-1-3-5-10/h1-9H,18H2,(H,19,21). The van der Waals surface area contributed by atoms with Crippen LogP contribution in [0.3, 0.4) is 0 Å². The maximum atomic E-state index is 12.5. The quantitative estimate of drug-likeness (QED) is 0.740. The van der Waals surface area contributed by atoms with Crippen LogP contribution in [0.4, 0.5) is 5.82 Å². The highest BCUT2D eigenvalue weighted by molar-refractivity contribution is 9.10. The van der Waals surface area contributed by atoms with Crippen LogP contribution in [-0.4, -0.2) is 10.6 Å². The van der Waals surface area contributed by atoms with Crippen molar-refractivity contribution in [2.75, 3.05) is 11.2 Å². The number of anilines is 1. The lowest BCUT2D eigenvalue weighted by Gasteiger charge is -2.12. The predicted octanol–water partition coefficient (Wildman–Crippen LogP) is 2.73. The largest absolute Gasteiger partial charge is 0.384 e. The fourth-order valence-electron chi connectivity index (χ4n) is 2.18. The summed E-state index contributed by atoms with van der Waals surface area (Å²) in [6, 6.07) is 15.5. The van der Waals surface area contributed by atoms with Gasteiger partial charge in [0.2, 0.25) is 0 Å². The van der Waals surface area contributed by atoms with Gasteiger partial charge in [0, 0.05) is 15.4 Å². The normalized spacial score (nSPS) is 10.6. The van der Waals surface area contributed by atoms with Crippen molar-refractivity contribution >= 4 is 38.4 Å². The van der Waals surface area contributed by atoms with Crippen LogP contribution in [0.2, 0.25) is 0 Å². The summed E-state index contributed by atoms with van der Waals surface area (Å²) in [6.45, 7) is 0. The molecule has 6 heteroatoms. The summed E-state index contributed by atoms with van der Waals surface area (Å²) in [6.07, 6.45) is 0. The van der Waals surface area contributed by atoms with Crippen molar-refractivity contribution < 1.29 is 4.79 Å². The number of nitrogens with two attached hydrogens (primary N) is 1. The number of fused-ring (bicyclic) bond motifs is 1. The Morgan fingerprint density at radius 2 is 1.82 bits per heavy atom. The molecule has 3 rings (SSSR count). The van der Waals surface area contributed by atoms with Crippen LogP contribution >= 0.6 is 15.9 Å². The lowest BCUT2D eigenvalue weighted by atomic mass is 10.2. The second kappa shape index (κ2) is 5.65. The highest BCUT2D eigenvalue weighted by atomic mass is 79.9. The third-order valence-corrected chi connectivity index (χ3v) is 3.75. The van der Waals surface area contributed by atoms with Crippen molar-refractivity contribution in [1.82, 2.24) is 4.68 Å². The minimum absolute atomic E-state index is 0.167. The summed E-state index contributed by atoms with van der Waals surface area (Å²) in [5.74, 6) is -0.231. The Morgan fingerprint density at radius 1 is 1.09 bits per heavy atom. The molecule has 0 bridgehead atoms. The van der Waals surface area contributed by atoms with Gasteiger partial charge < -0.3 is 5.73 Å². The minimum Gasteiger partial charge on any atom is -0.384 e. The summed E-state index contributed by atoms with van der Waals surface area (Å²) in [5.41, 5.74) is 8.51. The Kier molecular flexibility index (Phi) is 3.68. The van der Waals surface area contributed by atoms with Crippen LogP contribution in [0.1, 0.15) is 10.4 Å². The Balaban J connectivity index is 2.06. The maximum Gasteiger partial charge on any atom is 0.278 e. The van der Waals surface area contributed by atoms with Gasteiger partial charge >= 0.3 is 0 Å². The van der Waals surface area contributed by atoms with E-state index >= 15 is 0 Å². The molecule has 0 unspecified atom stereocenters. The van der Waals surface area contributed by atoms with E-state index in [1.807, 2.05) is 6.07 Å². The van der Waals surface area contributed by atoms with Gasteiger partial charge in [-0.3, -0.25) is 15.0 Å². The van der Waals surface area contributed by atoms with Crippen molar-refractivity contribution in [3.63, 3.8) is 0 Å². The zero-order chi connectivity index (χ0) is 15.7. The van der Waals surface area contributed by atoms with Crippen molar-refractivity contribution in [1.29, 1.82) is 0 Å². The first kappa shape index (κ1) is 14.3. The van der Waals surface area contributed by atoms with E-state index in [0.717, 1.165) is 9.15 Å². The number of hydrogen-bond donors (Lipinski definition) is 2. The number of rotatable bonds is 2. The van der Waals surface area contributed by atoms with Crippen LogP contribution < -0.4 is 16.7 Å². The minimum atomic E-state index is -0.397. The Hall–Kier alpha value is -2.60. The Bertz CT molecular complexity index is 920. The molecule has 3 N–H and O–H groups in total. The summed E-state index contributed by atoms with van der Waals surface area (Å²) in [5, 5.41) is 1.19. The number of halogens is 1. The smallest absolute Gasteiger partial charge is 0.278 e. The first-order chi connectivity index (χ1) is 10.6. The van der Waals surface area contributed by atoms with E-state index in [9.17, 15) is 9.59 Å². The van der Waals surface area contributed by atoms with Crippen molar-refractivity contribution in [3.8, 4) is 0 Å². The monoisotopic (exact) mass is 357 g/mol. The number of carbonyl (C=O) groups is 1. The first-order valence-corrected chi connectivity index (χ1v) is 7.33. The Labute approximate surface area is 134 Å². The van der Waals surface area contributed by atoms with Gasteiger partial charge in [-0.05, 0) is 41.8 Å². The van der Waals surface area contributed by atoms with E-state index in [4.69, 9.17) is 5.73 Å². The second-order valence-corrected chi connectivity index (χ2v) is 5.66. The molecule has 2 aromatic carbocycles. The predicted molar refractivity (Wildman–Crippen MR) is 90.5 cm³/mol. The summed E-state index contributed by atoms with van der Waals surface area (Å²) >= 11 is 3.35. The first-order valence-electron chi connectivity index (χ1n) is 6.53. The molecule has 3 aromatic rings. The van der Waals surface area contributed by atoms with E-state index in [-0.39, 0.29) is 11.4 Å². The van der Waals surface area contributed by atoms with Gasteiger partial charge in [-0.25, -0.2) is 4.68 Å². The number of aromatic nitrogens is 1. The average Bonchev–Trinajstić information content (AvgIpc) is 2.51. The molecule has 0 saturated heterocycles. The molecule has 1 heterocycles. The van der Waals surface area contributed by atoms with E-state index in [1.54, 1.807) is 48.5 Å². The van der Waals surface area contributed by atoms with E-state index in [0.29, 0.717) is 16.3 Å². The van der Waals surface area contributed by atoms with E-state index < -0.39 is 5.91 Å². The second-order valence-electron chi connectivity index (χ2n) is 4.75. The number of nitrogens with zero attached hydrogens (tertiary/aromatic N) is 1. The molecular formula is C16H12BrN3O2. The number of carbonyl (C=O) groups excluding carboxylic acids is 1. The third kappa shape index (κ3) is 2.60. The molecule has 0 saturated carbocycles. The summed E-state index contributed by atoms with van der Waals surface area (Å²) in [7, 11) is 0. The molecule has 0 fully saturated rings. The lowest BCUT2D eigenvalue weighted by Crippen LogP contribution is -2.34. The molecule has 22 heavy (non-hydrogen) atoms. The number of pyridine rings is 1. The van der Waals surface area contributed by atoms with Crippen LogP contribution in [0.5, 0.6) is 0 Å². The summed E-state index contributed by atoms with van der Waals surface area (Å²) in [4.78, 5) is 24.7. The van der Waals surface area contributed by atoms with Crippen LogP contribution in [0.15, 0.2) is 63.9 Å². The van der Waals surface area contributed by atoms with Gasteiger partial charge in [0.1, 0.15) is 5.82 Å². The number of nitrogen functional groups attached to an aromatic ring is 1. The van der Waals surface area contributed by atoms with E-state index in [1.165, 1.54) is 0 Å². The fraction of sp³-hybridized carbons (Fsp3) is 0. The van der Waals surface area contributed by atoms with Gasteiger partial charge in [0.25, 0.3) is 11.5 Å². The highest BCUT2D eigenvalue weighted by Gasteiger charge is 2.11. The zero-order valence-corrected chi connectivity index (χ0v) is 13.0. The highest BCUT2D eigenvalue weighted by Crippen LogP contribution is 2.19. The number of hydrogen-bond acceptors (Lipinski definition) is 3. The van der Waals surface area contributed by atoms with Crippen molar-refractivity contribution in [2.45, 2.75) is 0 Å². The molecule has 0 aliphatic rings. The number of nitrogens with one attached hydrogen (secondary N) is 1. The SMILES string of the molecule is Nc1cc2cc(Br)ccc2c(=O)n1NC(=O)c1ccccc1. The van der Waals surface area contributed by atoms with Gasteiger partial charge in [-0.15, -0.1) is 0 Å². The zero-order valence-electron chi connectivity index (χ0n) is 11.4. The molecule has 1 amide bonds. The summed E-state index contributed by atoms with van der Waals surface area (Å²) < 4.78 is 1.91. The third-order valence-electron chi connectivity index (χ3n) is 3.26. The maximum absolute atomic E-state index is 12.5. The van der Waals surface area contributed by atoms with Gasteiger partial charge in [-0.2, -0.15) is 0 Å². The van der Waals surface area contributed by atoms with Crippen molar-refractivity contribution in [3.05, 3.63) is 75.0 Å². The van der Waals surface area contributed by atoms with Crippen molar-refractivity contribution in [2.24, 2.45) is 0 Å². The lowest BCUT2D eigenvalue weighted by molar-refractivity contribution is 0.101. The number of amides is 1. The Morgan fingerprint density at radius 3 is 2.55 bits per heavy atom. The molecular weight excluding hydrogens is 346 g/mol. The molecule has 0 spiro atoms. The molecule has 0 aliphatic heterocycles. The van der Waals surface area contributed by atoms with Gasteiger partial charge in [-0.1, -0.05) is 34.1 Å². The molecule has 0 radical (unpaired) electrons.